The third kappa shape index (κ3) is 4.04. The number of carbonyl (C=O) groups is 2. The van der Waals surface area contributed by atoms with Crippen molar-refractivity contribution in [2.75, 3.05) is 19.8 Å². The van der Waals surface area contributed by atoms with Crippen LogP contribution in [-0.4, -0.2) is 37.6 Å². The molecule has 7 heteroatoms. The Morgan fingerprint density at radius 2 is 2.05 bits per heavy atom. The van der Waals surface area contributed by atoms with Crippen LogP contribution in [0.15, 0.2) is 12.1 Å². The molecule has 1 aromatic rings. The van der Waals surface area contributed by atoms with E-state index in [4.69, 9.17) is 21.1 Å². The fraction of sp³-hybridized carbons (Fsp3) is 0.467. The summed E-state index contributed by atoms with van der Waals surface area (Å²) in [5.74, 6) is 0.577. The predicted octanol–water partition coefficient (Wildman–Crippen LogP) is 1.29. The van der Waals surface area contributed by atoms with Gasteiger partial charge in [0.2, 0.25) is 11.8 Å². The van der Waals surface area contributed by atoms with Crippen molar-refractivity contribution in [2.24, 2.45) is 0 Å². The van der Waals surface area contributed by atoms with Gasteiger partial charge in [0.1, 0.15) is 19.3 Å². The molecule has 1 atom stereocenters. The Bertz CT molecular complexity index is 577. The van der Waals surface area contributed by atoms with Gasteiger partial charge in [-0.25, -0.2) is 0 Å². The average molecular weight is 327 g/mol. The van der Waals surface area contributed by atoms with Crippen molar-refractivity contribution < 1.29 is 19.1 Å². The van der Waals surface area contributed by atoms with Gasteiger partial charge in [0.15, 0.2) is 11.5 Å². The third-order valence-electron chi connectivity index (χ3n) is 3.14. The number of hydrogen-bond acceptors (Lipinski definition) is 4. The second-order valence-electron chi connectivity index (χ2n) is 4.96. The second-order valence-corrected chi connectivity index (χ2v) is 5.37. The Balaban J connectivity index is 2.00. The molecule has 120 valence electrons. The molecule has 22 heavy (non-hydrogen) atoms. The minimum absolute atomic E-state index is 0.111. The smallest absolute Gasteiger partial charge is 0.242 e. The van der Waals surface area contributed by atoms with E-state index in [2.05, 4.69) is 10.6 Å². The lowest BCUT2D eigenvalue weighted by Gasteiger charge is -2.20. The maximum atomic E-state index is 12.0. The van der Waals surface area contributed by atoms with Crippen LogP contribution in [0.4, 0.5) is 0 Å². The van der Waals surface area contributed by atoms with Crippen LogP contribution in [0.5, 0.6) is 11.5 Å². The minimum Gasteiger partial charge on any atom is -0.486 e. The second kappa shape index (κ2) is 7.35. The van der Waals surface area contributed by atoms with Crippen LogP contribution in [0.2, 0.25) is 5.02 Å². The number of hydrogen-bond donors (Lipinski definition) is 2. The van der Waals surface area contributed by atoms with Crippen molar-refractivity contribution in [3.8, 4) is 11.5 Å². The van der Waals surface area contributed by atoms with Crippen molar-refractivity contribution in [2.45, 2.75) is 26.3 Å². The number of halogens is 1. The number of ether oxygens (including phenoxy) is 2. The molecule has 0 saturated heterocycles. The Morgan fingerprint density at radius 1 is 1.32 bits per heavy atom. The van der Waals surface area contributed by atoms with E-state index in [1.165, 1.54) is 0 Å². The van der Waals surface area contributed by atoms with E-state index in [-0.39, 0.29) is 18.2 Å². The molecule has 1 aliphatic rings. The highest BCUT2D eigenvalue weighted by Gasteiger charge is 2.19. The molecular formula is C15H19ClN2O4. The highest BCUT2D eigenvalue weighted by molar-refractivity contribution is 6.32. The third-order valence-corrected chi connectivity index (χ3v) is 3.42. The van der Waals surface area contributed by atoms with Crippen molar-refractivity contribution in [1.82, 2.24) is 10.6 Å². The van der Waals surface area contributed by atoms with Crippen LogP contribution < -0.4 is 20.1 Å². The Hall–Kier alpha value is -1.95. The standard InChI is InChI=1S/C15H19ClN2O4/c1-3-17-15(20)9(2)18-13(19)8-10-6-11(16)14-12(7-10)21-4-5-22-14/h6-7,9H,3-5,8H2,1-2H3,(H,17,20)(H,18,19). The van der Waals surface area contributed by atoms with Crippen molar-refractivity contribution in [1.29, 1.82) is 0 Å². The van der Waals surface area contributed by atoms with Gasteiger partial charge in [0.25, 0.3) is 0 Å². The maximum absolute atomic E-state index is 12.0. The first kappa shape index (κ1) is 16.4. The molecule has 0 fully saturated rings. The van der Waals surface area contributed by atoms with Gasteiger partial charge in [-0.05, 0) is 31.5 Å². The van der Waals surface area contributed by atoms with Crippen molar-refractivity contribution in [3.63, 3.8) is 0 Å². The van der Waals surface area contributed by atoms with Gasteiger partial charge < -0.3 is 20.1 Å². The molecule has 0 aromatic heterocycles. The van der Waals surface area contributed by atoms with Gasteiger partial charge in [0.05, 0.1) is 11.4 Å². The molecule has 1 unspecified atom stereocenters. The summed E-state index contributed by atoms with van der Waals surface area (Å²) in [5, 5.41) is 5.71. The summed E-state index contributed by atoms with van der Waals surface area (Å²) in [5.41, 5.74) is 0.704. The van der Waals surface area contributed by atoms with Gasteiger partial charge in [-0.3, -0.25) is 9.59 Å². The number of likely N-dealkylation sites (N-methyl/N-ethyl adjacent to an activating group) is 1. The first-order valence-electron chi connectivity index (χ1n) is 7.16. The van der Waals surface area contributed by atoms with E-state index in [0.717, 1.165) is 0 Å². The normalized spacial score (nSPS) is 14.1. The zero-order valence-electron chi connectivity index (χ0n) is 12.6. The summed E-state index contributed by atoms with van der Waals surface area (Å²) >= 11 is 6.13. The molecule has 1 heterocycles. The monoisotopic (exact) mass is 326 g/mol. The predicted molar refractivity (Wildman–Crippen MR) is 82.4 cm³/mol. The molecule has 0 saturated carbocycles. The van der Waals surface area contributed by atoms with E-state index in [9.17, 15) is 9.59 Å². The first-order valence-corrected chi connectivity index (χ1v) is 7.54. The molecule has 0 radical (unpaired) electrons. The Kier molecular flexibility index (Phi) is 5.49. The van der Waals surface area contributed by atoms with Crippen LogP contribution in [0.1, 0.15) is 19.4 Å². The zero-order valence-corrected chi connectivity index (χ0v) is 13.3. The van der Waals surface area contributed by atoms with E-state index in [0.29, 0.717) is 41.8 Å². The minimum atomic E-state index is -0.583. The number of amides is 2. The first-order chi connectivity index (χ1) is 10.5. The van der Waals surface area contributed by atoms with Gasteiger partial charge in [-0.2, -0.15) is 0 Å². The molecule has 0 aliphatic carbocycles. The topological polar surface area (TPSA) is 76.7 Å². The van der Waals surface area contributed by atoms with Crippen LogP contribution in [0.3, 0.4) is 0 Å². The molecule has 2 amide bonds. The van der Waals surface area contributed by atoms with E-state index < -0.39 is 6.04 Å². The number of carbonyl (C=O) groups excluding carboxylic acids is 2. The van der Waals surface area contributed by atoms with E-state index in [1.54, 1.807) is 19.1 Å². The van der Waals surface area contributed by atoms with Gasteiger partial charge in [0, 0.05) is 6.54 Å². The molecule has 1 aliphatic heterocycles. The lowest BCUT2D eigenvalue weighted by atomic mass is 10.1. The average Bonchev–Trinajstić information content (AvgIpc) is 2.47. The fourth-order valence-corrected chi connectivity index (χ4v) is 2.42. The largest absolute Gasteiger partial charge is 0.486 e. The van der Waals surface area contributed by atoms with Gasteiger partial charge >= 0.3 is 0 Å². The van der Waals surface area contributed by atoms with Gasteiger partial charge in [-0.15, -0.1) is 0 Å². The van der Waals surface area contributed by atoms with Crippen molar-refractivity contribution >= 4 is 23.4 Å². The summed E-state index contributed by atoms with van der Waals surface area (Å²) in [4.78, 5) is 23.6. The summed E-state index contributed by atoms with van der Waals surface area (Å²) in [6, 6.07) is 2.82. The van der Waals surface area contributed by atoms with E-state index >= 15 is 0 Å². The fourth-order valence-electron chi connectivity index (χ4n) is 2.14. The van der Waals surface area contributed by atoms with Crippen LogP contribution in [0, 0.1) is 0 Å². The quantitative estimate of drug-likeness (QED) is 0.855. The Labute approximate surface area is 134 Å². The lowest BCUT2D eigenvalue weighted by Crippen LogP contribution is -2.45. The SMILES string of the molecule is CCNC(=O)C(C)NC(=O)Cc1cc(Cl)c2c(c1)OCCO2. The molecule has 0 spiro atoms. The summed E-state index contributed by atoms with van der Waals surface area (Å²) in [6.45, 7) is 4.89. The molecule has 1 aromatic carbocycles. The highest BCUT2D eigenvalue weighted by atomic mass is 35.5. The van der Waals surface area contributed by atoms with Gasteiger partial charge in [-0.1, -0.05) is 11.6 Å². The number of fused-ring (bicyclic) bond motifs is 1. The molecule has 2 rings (SSSR count). The number of rotatable bonds is 5. The molecule has 6 nitrogen and oxygen atoms in total. The van der Waals surface area contributed by atoms with Crippen LogP contribution in [0.25, 0.3) is 0 Å². The highest BCUT2D eigenvalue weighted by Crippen LogP contribution is 2.38. The molecular weight excluding hydrogens is 308 g/mol. The zero-order chi connectivity index (χ0) is 16.1. The Morgan fingerprint density at radius 3 is 2.77 bits per heavy atom. The van der Waals surface area contributed by atoms with Crippen LogP contribution >= 0.6 is 11.6 Å². The maximum Gasteiger partial charge on any atom is 0.242 e. The van der Waals surface area contributed by atoms with Crippen LogP contribution in [-0.2, 0) is 16.0 Å². The lowest BCUT2D eigenvalue weighted by molar-refractivity contribution is -0.128. The number of nitrogens with one attached hydrogen (secondary N) is 2. The van der Waals surface area contributed by atoms with Crippen molar-refractivity contribution in [3.05, 3.63) is 22.7 Å². The molecule has 2 N–H and O–H groups in total. The molecule has 0 bridgehead atoms. The summed E-state index contributed by atoms with van der Waals surface area (Å²) < 4.78 is 10.9. The summed E-state index contributed by atoms with van der Waals surface area (Å²) in [6.07, 6.45) is 0.111. The number of benzene rings is 1. The van der Waals surface area contributed by atoms with E-state index in [1.807, 2.05) is 6.92 Å². The summed E-state index contributed by atoms with van der Waals surface area (Å²) in [7, 11) is 0.